The van der Waals surface area contributed by atoms with Crippen molar-refractivity contribution in [1.29, 1.82) is 0 Å². The topological polar surface area (TPSA) is 99.8 Å². The molecule has 0 aromatic heterocycles. The second kappa shape index (κ2) is 11.7. The summed E-state index contributed by atoms with van der Waals surface area (Å²) in [4.78, 5) is 43.0. The van der Waals surface area contributed by atoms with Crippen molar-refractivity contribution in [2.75, 3.05) is 20.7 Å². The van der Waals surface area contributed by atoms with E-state index in [0.29, 0.717) is 18.6 Å². The molecule has 3 aromatic carbocycles. The van der Waals surface area contributed by atoms with Crippen molar-refractivity contribution in [2.24, 2.45) is 5.41 Å². The van der Waals surface area contributed by atoms with Crippen molar-refractivity contribution in [3.63, 3.8) is 0 Å². The second-order valence-electron chi connectivity index (χ2n) is 11.5. The molecule has 0 bridgehead atoms. The van der Waals surface area contributed by atoms with Gasteiger partial charge < -0.3 is 25.6 Å². The van der Waals surface area contributed by atoms with Gasteiger partial charge in [-0.3, -0.25) is 14.4 Å². The van der Waals surface area contributed by atoms with Gasteiger partial charge in [0.25, 0.3) is 0 Å². The predicted molar refractivity (Wildman–Crippen MR) is 157 cm³/mol. The van der Waals surface area contributed by atoms with Crippen LogP contribution in [0.25, 0.3) is 0 Å². The van der Waals surface area contributed by atoms with Gasteiger partial charge in [-0.15, -0.1) is 0 Å². The monoisotopic (exact) mass is 554 g/mol. The fourth-order valence-electron chi connectivity index (χ4n) is 6.36. The Labute approximate surface area is 241 Å². The SMILES string of the molecule is CNCC(=O)NC1Cc2ccc(OC)cc2C2CC(C)(C)C(C(=O)NC(c3ccccc3)c3ccccc3)N2C1=O. The van der Waals surface area contributed by atoms with E-state index in [-0.39, 0.29) is 36.3 Å². The van der Waals surface area contributed by atoms with Crippen LogP contribution in [0.3, 0.4) is 0 Å². The van der Waals surface area contributed by atoms with Gasteiger partial charge in [0.15, 0.2) is 0 Å². The predicted octanol–water partition coefficient (Wildman–Crippen LogP) is 3.53. The molecule has 8 heteroatoms. The maximum atomic E-state index is 14.4. The Morgan fingerprint density at radius 2 is 1.63 bits per heavy atom. The summed E-state index contributed by atoms with van der Waals surface area (Å²) < 4.78 is 5.54. The third-order valence-corrected chi connectivity index (χ3v) is 8.24. The van der Waals surface area contributed by atoms with Crippen LogP contribution < -0.4 is 20.7 Å². The summed E-state index contributed by atoms with van der Waals surface area (Å²) in [6.45, 7) is 4.16. The molecular weight excluding hydrogens is 516 g/mol. The van der Waals surface area contributed by atoms with E-state index in [9.17, 15) is 14.4 Å². The summed E-state index contributed by atoms with van der Waals surface area (Å²) in [5.41, 5.74) is 3.28. The first kappa shape index (κ1) is 28.4. The zero-order valence-electron chi connectivity index (χ0n) is 24.0. The van der Waals surface area contributed by atoms with E-state index in [4.69, 9.17) is 4.74 Å². The Morgan fingerprint density at radius 1 is 1.00 bits per heavy atom. The minimum absolute atomic E-state index is 0.0912. The maximum Gasteiger partial charge on any atom is 0.246 e. The van der Waals surface area contributed by atoms with E-state index in [0.717, 1.165) is 22.3 Å². The van der Waals surface area contributed by atoms with E-state index in [2.05, 4.69) is 16.0 Å². The van der Waals surface area contributed by atoms with E-state index in [1.165, 1.54) is 0 Å². The fourth-order valence-corrected chi connectivity index (χ4v) is 6.36. The molecule has 1 saturated heterocycles. The number of amides is 3. The van der Waals surface area contributed by atoms with Gasteiger partial charge >= 0.3 is 0 Å². The van der Waals surface area contributed by atoms with Crippen LogP contribution in [-0.2, 0) is 20.8 Å². The summed E-state index contributed by atoms with van der Waals surface area (Å²) in [6.07, 6.45) is 0.932. The van der Waals surface area contributed by atoms with Crippen LogP contribution in [0.15, 0.2) is 78.9 Å². The number of nitrogens with one attached hydrogen (secondary N) is 3. The summed E-state index contributed by atoms with van der Waals surface area (Å²) in [6, 6.07) is 23.2. The molecule has 2 aliphatic heterocycles. The van der Waals surface area contributed by atoms with Gasteiger partial charge in [-0.2, -0.15) is 0 Å². The van der Waals surface area contributed by atoms with E-state index < -0.39 is 17.5 Å². The number of carbonyl (C=O) groups excluding carboxylic acids is 3. The van der Waals surface area contributed by atoms with Crippen molar-refractivity contribution in [1.82, 2.24) is 20.9 Å². The van der Waals surface area contributed by atoms with Crippen LogP contribution in [0.4, 0.5) is 0 Å². The average Bonchev–Trinajstić information content (AvgIpc) is 3.21. The number of carbonyl (C=O) groups is 3. The van der Waals surface area contributed by atoms with Crippen LogP contribution in [0.1, 0.15) is 54.6 Å². The molecule has 3 amide bonds. The van der Waals surface area contributed by atoms with Gasteiger partial charge in [0.05, 0.1) is 25.7 Å². The van der Waals surface area contributed by atoms with Crippen molar-refractivity contribution < 1.29 is 19.1 Å². The number of hydrogen-bond donors (Lipinski definition) is 3. The normalized spacial score (nSPS) is 21.0. The number of methoxy groups -OCH3 is 1. The lowest BCUT2D eigenvalue weighted by molar-refractivity contribution is -0.145. The quantitative estimate of drug-likeness (QED) is 0.396. The number of rotatable bonds is 8. The lowest BCUT2D eigenvalue weighted by Gasteiger charge is -2.35. The van der Waals surface area contributed by atoms with Gasteiger partial charge in [-0.1, -0.05) is 80.6 Å². The Kier molecular flexibility index (Phi) is 8.13. The Morgan fingerprint density at radius 3 is 2.22 bits per heavy atom. The van der Waals surface area contributed by atoms with Crippen molar-refractivity contribution in [3.8, 4) is 5.75 Å². The van der Waals surface area contributed by atoms with Crippen molar-refractivity contribution in [2.45, 2.75) is 50.9 Å². The standard InChI is InChI=1S/C33H38N4O4/c1-33(2)19-27-25-18-24(41-4)16-15-23(25)17-26(35-28(38)20-34-3)32(40)37(27)30(33)31(39)36-29(21-11-7-5-8-12-21)22-13-9-6-10-14-22/h5-16,18,26-27,29-30,34H,17,19-20H2,1-4H3,(H,35,38)(H,36,39). The maximum absolute atomic E-state index is 14.4. The minimum atomic E-state index is -0.795. The van der Waals surface area contributed by atoms with Gasteiger partial charge in [0.2, 0.25) is 17.7 Å². The van der Waals surface area contributed by atoms with Gasteiger partial charge in [-0.25, -0.2) is 0 Å². The van der Waals surface area contributed by atoms with Crippen LogP contribution in [-0.4, -0.2) is 55.4 Å². The fraction of sp³-hybridized carbons (Fsp3) is 0.364. The summed E-state index contributed by atoms with van der Waals surface area (Å²) in [7, 11) is 3.30. The third kappa shape index (κ3) is 5.70. The summed E-state index contributed by atoms with van der Waals surface area (Å²) >= 11 is 0. The molecule has 5 rings (SSSR count). The average molecular weight is 555 g/mol. The lowest BCUT2D eigenvalue weighted by Crippen LogP contribution is -2.57. The highest BCUT2D eigenvalue weighted by Gasteiger charge is 2.55. The first-order chi connectivity index (χ1) is 19.7. The molecule has 2 heterocycles. The molecule has 3 aromatic rings. The number of likely N-dealkylation sites (N-methyl/N-ethyl adjacent to an activating group) is 1. The van der Waals surface area contributed by atoms with E-state index >= 15 is 0 Å². The van der Waals surface area contributed by atoms with E-state index in [1.807, 2.05) is 92.7 Å². The highest BCUT2D eigenvalue weighted by molar-refractivity contribution is 5.94. The highest BCUT2D eigenvalue weighted by Crippen LogP contribution is 2.50. The molecule has 41 heavy (non-hydrogen) atoms. The molecule has 0 aliphatic carbocycles. The van der Waals surface area contributed by atoms with Gasteiger partial charge in [-0.05, 0) is 53.3 Å². The number of fused-ring (bicyclic) bond motifs is 3. The highest BCUT2D eigenvalue weighted by atomic mass is 16.5. The van der Waals surface area contributed by atoms with Crippen LogP contribution in [0.5, 0.6) is 5.75 Å². The van der Waals surface area contributed by atoms with Crippen LogP contribution >= 0.6 is 0 Å². The van der Waals surface area contributed by atoms with Crippen molar-refractivity contribution in [3.05, 3.63) is 101 Å². The smallest absolute Gasteiger partial charge is 0.246 e. The number of ether oxygens (including phenoxy) is 1. The third-order valence-electron chi connectivity index (χ3n) is 8.24. The Balaban J connectivity index is 1.55. The molecule has 8 nitrogen and oxygen atoms in total. The summed E-state index contributed by atoms with van der Waals surface area (Å²) in [5, 5.41) is 9.05. The second-order valence-corrected chi connectivity index (χ2v) is 11.5. The molecule has 3 N–H and O–H groups in total. The molecule has 3 atom stereocenters. The molecule has 2 aliphatic rings. The molecule has 0 saturated carbocycles. The Bertz CT molecular complexity index is 1370. The van der Waals surface area contributed by atoms with Crippen LogP contribution in [0, 0.1) is 5.41 Å². The molecule has 1 fully saturated rings. The number of benzene rings is 3. The number of hydrogen-bond acceptors (Lipinski definition) is 5. The van der Waals surface area contributed by atoms with E-state index in [1.54, 1.807) is 19.1 Å². The van der Waals surface area contributed by atoms with Crippen LogP contribution in [0.2, 0.25) is 0 Å². The minimum Gasteiger partial charge on any atom is -0.497 e. The molecule has 3 unspecified atom stereocenters. The molecule has 0 spiro atoms. The zero-order valence-corrected chi connectivity index (χ0v) is 24.0. The number of nitrogens with zero attached hydrogens (tertiary/aromatic N) is 1. The van der Waals surface area contributed by atoms with Gasteiger partial charge in [0.1, 0.15) is 17.8 Å². The van der Waals surface area contributed by atoms with Crippen molar-refractivity contribution >= 4 is 17.7 Å². The molecule has 214 valence electrons. The zero-order chi connectivity index (χ0) is 29.1. The molecule has 0 radical (unpaired) electrons. The van der Waals surface area contributed by atoms with Gasteiger partial charge in [0, 0.05) is 6.42 Å². The summed E-state index contributed by atoms with van der Waals surface area (Å²) in [5.74, 6) is -0.0636. The Hall–Kier alpha value is -4.17. The first-order valence-corrected chi connectivity index (χ1v) is 14.1. The largest absolute Gasteiger partial charge is 0.497 e. The molecular formula is C33H38N4O4. The lowest BCUT2D eigenvalue weighted by atomic mass is 9.81. The first-order valence-electron chi connectivity index (χ1n) is 14.1.